The van der Waals surface area contributed by atoms with Crippen LogP contribution in [0.15, 0.2) is 48.5 Å². The first-order chi connectivity index (χ1) is 9.26. The number of hydrazine groups is 1. The Kier molecular flexibility index (Phi) is 4.39. The van der Waals surface area contributed by atoms with Gasteiger partial charge in [-0.3, -0.25) is 5.84 Å². The smallest absolute Gasteiger partial charge is 0.119 e. The highest BCUT2D eigenvalue weighted by Gasteiger charge is 2.15. The van der Waals surface area contributed by atoms with Gasteiger partial charge in [-0.2, -0.15) is 0 Å². The number of nitrogens with one attached hydrogen (secondary N) is 1. The van der Waals surface area contributed by atoms with Crippen molar-refractivity contribution in [1.29, 1.82) is 0 Å². The molecule has 0 aromatic heterocycles. The van der Waals surface area contributed by atoms with Crippen LogP contribution in [-0.2, 0) is 0 Å². The van der Waals surface area contributed by atoms with Gasteiger partial charge in [0, 0.05) is 5.69 Å². The number of nitrogens with two attached hydrogens (primary N) is 2. The van der Waals surface area contributed by atoms with E-state index >= 15 is 0 Å². The fourth-order valence-electron chi connectivity index (χ4n) is 2.09. The predicted molar refractivity (Wildman–Crippen MR) is 77.6 cm³/mol. The van der Waals surface area contributed by atoms with E-state index in [1.54, 1.807) is 0 Å². The Labute approximate surface area is 113 Å². The van der Waals surface area contributed by atoms with Crippen molar-refractivity contribution < 1.29 is 4.74 Å². The molecule has 4 heteroatoms. The molecule has 0 aliphatic heterocycles. The molecule has 4 nitrogen and oxygen atoms in total. The lowest BCUT2D eigenvalue weighted by atomic mass is 9.98. The maximum absolute atomic E-state index is 6.00. The molecule has 2 rings (SSSR count). The molecule has 1 unspecified atom stereocenters. The van der Waals surface area contributed by atoms with E-state index in [0.29, 0.717) is 12.3 Å². The van der Waals surface area contributed by atoms with Crippen LogP contribution in [0.1, 0.15) is 24.1 Å². The molecule has 0 aliphatic rings. The Morgan fingerprint density at radius 1 is 1.16 bits per heavy atom. The Balaban J connectivity index is 2.37. The van der Waals surface area contributed by atoms with Crippen LogP contribution in [0, 0.1) is 0 Å². The third kappa shape index (κ3) is 3.05. The maximum Gasteiger partial charge on any atom is 0.119 e. The molecule has 0 bridgehead atoms. The summed E-state index contributed by atoms with van der Waals surface area (Å²) in [5.41, 5.74) is 11.5. The van der Waals surface area contributed by atoms with Gasteiger partial charge in [0.25, 0.3) is 0 Å². The maximum atomic E-state index is 6.00. The number of nitrogen functional groups attached to an aromatic ring is 1. The van der Waals surface area contributed by atoms with Gasteiger partial charge in [0.15, 0.2) is 0 Å². The van der Waals surface area contributed by atoms with E-state index in [-0.39, 0.29) is 6.04 Å². The number of hydrogen-bond acceptors (Lipinski definition) is 4. The number of ether oxygens (including phenoxy) is 1. The Morgan fingerprint density at radius 3 is 2.63 bits per heavy atom. The molecule has 0 heterocycles. The molecule has 0 spiro atoms. The number of benzene rings is 2. The van der Waals surface area contributed by atoms with E-state index in [0.717, 1.165) is 16.9 Å². The van der Waals surface area contributed by atoms with Gasteiger partial charge in [-0.1, -0.05) is 30.3 Å². The normalized spacial score (nSPS) is 12.1. The second-order valence-corrected chi connectivity index (χ2v) is 4.23. The lowest BCUT2D eigenvalue weighted by molar-refractivity contribution is 0.339. The van der Waals surface area contributed by atoms with Gasteiger partial charge in [-0.15, -0.1) is 0 Å². The summed E-state index contributed by atoms with van der Waals surface area (Å²) in [5.74, 6) is 6.51. The monoisotopic (exact) mass is 257 g/mol. The lowest BCUT2D eigenvalue weighted by Crippen LogP contribution is -2.29. The van der Waals surface area contributed by atoms with Crippen LogP contribution in [0.25, 0.3) is 0 Å². The average Bonchev–Trinajstić information content (AvgIpc) is 2.43. The van der Waals surface area contributed by atoms with Crippen LogP contribution in [0.4, 0.5) is 5.69 Å². The molecule has 2 aromatic rings. The highest BCUT2D eigenvalue weighted by atomic mass is 16.5. The largest absolute Gasteiger partial charge is 0.494 e. The van der Waals surface area contributed by atoms with Gasteiger partial charge in [0.1, 0.15) is 5.75 Å². The van der Waals surface area contributed by atoms with Crippen molar-refractivity contribution in [2.24, 2.45) is 5.84 Å². The van der Waals surface area contributed by atoms with Crippen molar-refractivity contribution in [2.45, 2.75) is 13.0 Å². The molecule has 0 radical (unpaired) electrons. The van der Waals surface area contributed by atoms with E-state index in [2.05, 4.69) is 5.43 Å². The summed E-state index contributed by atoms with van der Waals surface area (Å²) in [6.07, 6.45) is 0. The van der Waals surface area contributed by atoms with E-state index in [4.69, 9.17) is 16.3 Å². The predicted octanol–water partition coefficient (Wildman–Crippen LogP) is 2.22. The molecule has 0 fully saturated rings. The third-order valence-corrected chi connectivity index (χ3v) is 2.98. The van der Waals surface area contributed by atoms with Crippen LogP contribution in [0.2, 0.25) is 0 Å². The molecule has 19 heavy (non-hydrogen) atoms. The van der Waals surface area contributed by atoms with Gasteiger partial charge in [-0.25, -0.2) is 5.43 Å². The molecular formula is C15H19N3O. The summed E-state index contributed by atoms with van der Waals surface area (Å²) in [5, 5.41) is 0. The molecule has 0 amide bonds. The minimum absolute atomic E-state index is 0.151. The second-order valence-electron chi connectivity index (χ2n) is 4.23. The zero-order chi connectivity index (χ0) is 13.7. The van der Waals surface area contributed by atoms with Crippen LogP contribution in [0.5, 0.6) is 5.75 Å². The molecule has 5 N–H and O–H groups in total. The lowest BCUT2D eigenvalue weighted by Gasteiger charge is -2.19. The Morgan fingerprint density at radius 2 is 1.95 bits per heavy atom. The molecule has 100 valence electrons. The molecule has 1 atom stereocenters. The van der Waals surface area contributed by atoms with Crippen LogP contribution in [0.3, 0.4) is 0 Å². The van der Waals surface area contributed by atoms with Crippen molar-refractivity contribution in [1.82, 2.24) is 5.43 Å². The summed E-state index contributed by atoms with van der Waals surface area (Å²) >= 11 is 0. The molecule has 0 saturated carbocycles. The number of anilines is 1. The number of para-hydroxylation sites is 1. The molecule has 0 aliphatic carbocycles. The van der Waals surface area contributed by atoms with E-state index in [9.17, 15) is 0 Å². The van der Waals surface area contributed by atoms with E-state index < -0.39 is 0 Å². The van der Waals surface area contributed by atoms with E-state index in [1.807, 2.05) is 55.5 Å². The third-order valence-electron chi connectivity index (χ3n) is 2.98. The quantitative estimate of drug-likeness (QED) is 0.436. The fraction of sp³-hybridized carbons (Fsp3) is 0.200. The summed E-state index contributed by atoms with van der Waals surface area (Å²) in [7, 11) is 0. The van der Waals surface area contributed by atoms with Crippen molar-refractivity contribution in [2.75, 3.05) is 12.3 Å². The minimum Gasteiger partial charge on any atom is -0.494 e. The van der Waals surface area contributed by atoms with Gasteiger partial charge in [0.2, 0.25) is 0 Å². The first-order valence-corrected chi connectivity index (χ1v) is 6.29. The molecule has 0 saturated heterocycles. The van der Waals surface area contributed by atoms with Gasteiger partial charge >= 0.3 is 0 Å². The highest BCUT2D eigenvalue weighted by Crippen LogP contribution is 2.28. The van der Waals surface area contributed by atoms with Crippen molar-refractivity contribution in [3.63, 3.8) is 0 Å². The Hall–Kier alpha value is -2.04. The van der Waals surface area contributed by atoms with Crippen LogP contribution in [-0.4, -0.2) is 6.61 Å². The highest BCUT2D eigenvalue weighted by molar-refractivity contribution is 5.51. The SMILES string of the molecule is CCOc1cccc(C(NN)c2ccccc2N)c1. The first kappa shape index (κ1) is 13.4. The summed E-state index contributed by atoms with van der Waals surface area (Å²) in [6, 6.07) is 15.4. The first-order valence-electron chi connectivity index (χ1n) is 6.29. The van der Waals surface area contributed by atoms with Crippen molar-refractivity contribution >= 4 is 5.69 Å². The van der Waals surface area contributed by atoms with Crippen molar-refractivity contribution in [3.05, 3.63) is 59.7 Å². The minimum atomic E-state index is -0.151. The summed E-state index contributed by atoms with van der Waals surface area (Å²) in [6.45, 7) is 2.60. The average molecular weight is 257 g/mol. The van der Waals surface area contributed by atoms with Crippen LogP contribution < -0.4 is 21.7 Å². The topological polar surface area (TPSA) is 73.3 Å². The summed E-state index contributed by atoms with van der Waals surface area (Å²) in [4.78, 5) is 0. The standard InChI is InChI=1S/C15H19N3O/c1-2-19-12-7-5-6-11(10-12)15(18-17)13-8-3-4-9-14(13)16/h3-10,15,18H,2,16-17H2,1H3. The zero-order valence-electron chi connectivity index (χ0n) is 11.0. The number of rotatable bonds is 5. The van der Waals surface area contributed by atoms with Crippen molar-refractivity contribution in [3.8, 4) is 5.75 Å². The number of hydrogen-bond donors (Lipinski definition) is 3. The molecule has 2 aromatic carbocycles. The second kappa shape index (κ2) is 6.22. The van der Waals surface area contributed by atoms with E-state index in [1.165, 1.54) is 0 Å². The zero-order valence-corrected chi connectivity index (χ0v) is 11.0. The Bertz CT molecular complexity index is 542. The van der Waals surface area contributed by atoms with Gasteiger partial charge in [-0.05, 0) is 36.2 Å². The fourth-order valence-corrected chi connectivity index (χ4v) is 2.09. The van der Waals surface area contributed by atoms with Gasteiger partial charge < -0.3 is 10.5 Å². The molecular weight excluding hydrogens is 238 g/mol. The van der Waals surface area contributed by atoms with Crippen LogP contribution >= 0.6 is 0 Å². The van der Waals surface area contributed by atoms with Gasteiger partial charge in [0.05, 0.1) is 12.6 Å². The summed E-state index contributed by atoms with van der Waals surface area (Å²) < 4.78 is 5.51.